The van der Waals surface area contributed by atoms with Crippen molar-refractivity contribution in [1.29, 1.82) is 0 Å². The van der Waals surface area contributed by atoms with Gasteiger partial charge in [-0.1, -0.05) is 24.8 Å². The lowest BCUT2D eigenvalue weighted by Crippen LogP contribution is -2.34. The maximum atomic E-state index is 9.67. The van der Waals surface area contributed by atoms with Crippen LogP contribution >= 0.6 is 0 Å². The SMILES string of the molecule is C=C1COCCN1c1cc(-c2cccc(CO)c2)c2c(C)cnc(-c3ccn[nH]3)c2n1. The molecule has 0 saturated carbocycles. The number of anilines is 1. The van der Waals surface area contributed by atoms with Gasteiger partial charge in [0.1, 0.15) is 17.0 Å². The minimum atomic E-state index is -0.0100. The molecule has 1 aromatic carbocycles. The summed E-state index contributed by atoms with van der Waals surface area (Å²) in [5, 5.41) is 17.8. The Morgan fingerprint density at radius 1 is 1.26 bits per heavy atom. The zero-order valence-corrected chi connectivity index (χ0v) is 17.3. The first-order chi connectivity index (χ1) is 15.2. The molecule has 0 aliphatic carbocycles. The molecule has 1 aliphatic heterocycles. The monoisotopic (exact) mass is 413 g/mol. The Morgan fingerprint density at radius 2 is 2.16 bits per heavy atom. The molecule has 156 valence electrons. The summed E-state index contributed by atoms with van der Waals surface area (Å²) in [6, 6.07) is 11.9. The van der Waals surface area contributed by atoms with E-state index in [1.807, 2.05) is 37.4 Å². The summed E-state index contributed by atoms with van der Waals surface area (Å²) in [5.74, 6) is 0.804. The number of pyridine rings is 2. The van der Waals surface area contributed by atoms with Crippen LogP contribution in [-0.4, -0.2) is 45.0 Å². The van der Waals surface area contributed by atoms with Crippen molar-refractivity contribution in [1.82, 2.24) is 20.2 Å². The summed E-state index contributed by atoms with van der Waals surface area (Å²) in [4.78, 5) is 11.8. The number of aromatic amines is 1. The molecular formula is C24H23N5O2. The number of fused-ring (bicyclic) bond motifs is 1. The summed E-state index contributed by atoms with van der Waals surface area (Å²) < 4.78 is 5.55. The van der Waals surface area contributed by atoms with Crippen molar-refractivity contribution in [3.63, 3.8) is 0 Å². The van der Waals surface area contributed by atoms with Gasteiger partial charge in [0.15, 0.2) is 0 Å². The number of hydrogen-bond acceptors (Lipinski definition) is 6. The van der Waals surface area contributed by atoms with E-state index in [4.69, 9.17) is 9.72 Å². The van der Waals surface area contributed by atoms with E-state index < -0.39 is 0 Å². The number of aryl methyl sites for hydroxylation is 1. The number of nitrogens with one attached hydrogen (secondary N) is 1. The van der Waals surface area contributed by atoms with Crippen LogP contribution in [0.25, 0.3) is 33.4 Å². The van der Waals surface area contributed by atoms with E-state index in [2.05, 4.69) is 38.8 Å². The Morgan fingerprint density at radius 3 is 2.94 bits per heavy atom. The fraction of sp³-hybridized carbons (Fsp3) is 0.208. The maximum absolute atomic E-state index is 9.67. The van der Waals surface area contributed by atoms with Crippen molar-refractivity contribution in [3.8, 4) is 22.5 Å². The van der Waals surface area contributed by atoms with Gasteiger partial charge in [0.25, 0.3) is 0 Å². The number of aliphatic hydroxyl groups excluding tert-OH is 1. The molecule has 0 unspecified atom stereocenters. The van der Waals surface area contributed by atoms with E-state index in [9.17, 15) is 5.11 Å². The van der Waals surface area contributed by atoms with Crippen LogP contribution in [0.5, 0.6) is 0 Å². The smallest absolute Gasteiger partial charge is 0.134 e. The molecule has 0 bridgehead atoms. The van der Waals surface area contributed by atoms with E-state index in [0.29, 0.717) is 19.8 Å². The number of nitrogens with zero attached hydrogens (tertiary/aromatic N) is 4. The minimum Gasteiger partial charge on any atom is -0.392 e. The van der Waals surface area contributed by atoms with Gasteiger partial charge in [0.05, 0.1) is 25.5 Å². The largest absolute Gasteiger partial charge is 0.392 e. The lowest BCUT2D eigenvalue weighted by atomic mass is 9.96. The molecule has 1 saturated heterocycles. The van der Waals surface area contributed by atoms with E-state index in [1.54, 1.807) is 6.20 Å². The van der Waals surface area contributed by atoms with E-state index in [-0.39, 0.29) is 6.61 Å². The zero-order chi connectivity index (χ0) is 21.4. The van der Waals surface area contributed by atoms with Crippen molar-refractivity contribution < 1.29 is 9.84 Å². The molecule has 1 aliphatic rings. The van der Waals surface area contributed by atoms with Crippen LogP contribution in [0.15, 0.2) is 61.1 Å². The first-order valence-electron chi connectivity index (χ1n) is 10.2. The Labute approximate surface area is 180 Å². The van der Waals surface area contributed by atoms with Crippen molar-refractivity contribution >= 4 is 16.7 Å². The first kappa shape index (κ1) is 19.4. The van der Waals surface area contributed by atoms with Gasteiger partial charge in [-0.2, -0.15) is 5.10 Å². The second kappa shape index (κ2) is 7.94. The van der Waals surface area contributed by atoms with Crippen LogP contribution < -0.4 is 4.90 Å². The Bertz CT molecular complexity index is 1270. The fourth-order valence-corrected chi connectivity index (χ4v) is 4.04. The minimum absolute atomic E-state index is 0.0100. The summed E-state index contributed by atoms with van der Waals surface area (Å²) >= 11 is 0. The number of H-pyrrole nitrogens is 1. The fourth-order valence-electron chi connectivity index (χ4n) is 4.04. The van der Waals surface area contributed by atoms with Crippen molar-refractivity contribution in [2.75, 3.05) is 24.7 Å². The predicted molar refractivity (Wildman–Crippen MR) is 121 cm³/mol. The third kappa shape index (κ3) is 3.48. The van der Waals surface area contributed by atoms with Crippen molar-refractivity contribution in [3.05, 3.63) is 72.2 Å². The van der Waals surface area contributed by atoms with Crippen LogP contribution in [0.1, 0.15) is 11.1 Å². The standard InChI is InChI=1S/C24H23N5O2/c1-15-12-25-23(20-6-7-26-28-20)24-22(15)19(18-5-3-4-17(10-18)13-30)11-21(27-24)29-8-9-31-14-16(29)2/h3-7,10-12,30H,2,8-9,13-14H2,1H3,(H,26,28). The normalized spacial score (nSPS) is 14.4. The third-order valence-corrected chi connectivity index (χ3v) is 5.57. The number of aliphatic hydroxyl groups is 1. The number of ether oxygens (including phenoxy) is 1. The molecule has 0 spiro atoms. The van der Waals surface area contributed by atoms with Crippen LogP contribution in [0, 0.1) is 6.92 Å². The van der Waals surface area contributed by atoms with Gasteiger partial charge < -0.3 is 14.7 Å². The predicted octanol–water partition coefficient (Wildman–Crippen LogP) is 3.84. The highest BCUT2D eigenvalue weighted by Gasteiger charge is 2.22. The molecule has 7 heteroatoms. The van der Waals surface area contributed by atoms with Gasteiger partial charge in [-0.05, 0) is 47.4 Å². The average Bonchev–Trinajstić information content (AvgIpc) is 3.33. The highest BCUT2D eigenvalue weighted by atomic mass is 16.5. The summed E-state index contributed by atoms with van der Waals surface area (Å²) in [5.41, 5.74) is 7.17. The van der Waals surface area contributed by atoms with Gasteiger partial charge in [0.2, 0.25) is 0 Å². The number of hydrogen-bond donors (Lipinski definition) is 2. The third-order valence-electron chi connectivity index (χ3n) is 5.57. The number of aromatic nitrogens is 4. The van der Waals surface area contributed by atoms with Gasteiger partial charge in [-0.15, -0.1) is 0 Å². The molecule has 3 aromatic heterocycles. The van der Waals surface area contributed by atoms with Crippen LogP contribution in [-0.2, 0) is 11.3 Å². The molecule has 1 fully saturated rings. The molecule has 2 N–H and O–H groups in total. The van der Waals surface area contributed by atoms with Crippen LogP contribution in [0.3, 0.4) is 0 Å². The van der Waals surface area contributed by atoms with Gasteiger partial charge in [-0.25, -0.2) is 4.98 Å². The van der Waals surface area contributed by atoms with Crippen LogP contribution in [0.2, 0.25) is 0 Å². The van der Waals surface area contributed by atoms with E-state index in [0.717, 1.165) is 56.1 Å². The molecule has 0 atom stereocenters. The van der Waals surface area contributed by atoms with Crippen LogP contribution in [0.4, 0.5) is 5.82 Å². The number of benzene rings is 1. The Hall–Kier alpha value is -3.55. The zero-order valence-electron chi connectivity index (χ0n) is 17.3. The quantitative estimate of drug-likeness (QED) is 0.529. The molecule has 4 aromatic rings. The molecule has 7 nitrogen and oxygen atoms in total. The highest BCUT2D eigenvalue weighted by Crippen LogP contribution is 2.37. The lowest BCUT2D eigenvalue weighted by molar-refractivity contribution is 0.143. The molecule has 31 heavy (non-hydrogen) atoms. The highest BCUT2D eigenvalue weighted by molar-refractivity contribution is 6.03. The van der Waals surface area contributed by atoms with Crippen molar-refractivity contribution in [2.24, 2.45) is 0 Å². The molecule has 0 amide bonds. The molecule has 0 radical (unpaired) electrons. The Kier molecular flexibility index (Phi) is 4.97. The summed E-state index contributed by atoms with van der Waals surface area (Å²) in [7, 11) is 0. The second-order valence-electron chi connectivity index (χ2n) is 7.64. The maximum Gasteiger partial charge on any atom is 0.134 e. The number of rotatable bonds is 4. The molecular weight excluding hydrogens is 390 g/mol. The topological polar surface area (TPSA) is 87.2 Å². The van der Waals surface area contributed by atoms with Crippen molar-refractivity contribution in [2.45, 2.75) is 13.5 Å². The van der Waals surface area contributed by atoms with E-state index >= 15 is 0 Å². The second-order valence-corrected chi connectivity index (χ2v) is 7.64. The Balaban J connectivity index is 1.83. The lowest BCUT2D eigenvalue weighted by Gasteiger charge is -2.30. The average molecular weight is 413 g/mol. The molecule has 5 rings (SSSR count). The van der Waals surface area contributed by atoms with Gasteiger partial charge >= 0.3 is 0 Å². The van der Waals surface area contributed by atoms with Gasteiger partial charge in [0, 0.05) is 30.0 Å². The first-order valence-corrected chi connectivity index (χ1v) is 10.2. The summed E-state index contributed by atoms with van der Waals surface area (Å²) in [6.45, 7) is 7.99. The van der Waals surface area contributed by atoms with Gasteiger partial charge in [-0.3, -0.25) is 10.1 Å². The summed E-state index contributed by atoms with van der Waals surface area (Å²) in [6.07, 6.45) is 3.58. The van der Waals surface area contributed by atoms with E-state index in [1.165, 1.54) is 0 Å². The molecule has 4 heterocycles. The number of morpholine rings is 1.